The van der Waals surface area contributed by atoms with Crippen molar-refractivity contribution >= 4 is 12.3 Å². The lowest BCUT2D eigenvalue weighted by Crippen LogP contribution is -2.32. The molecule has 4 heteroatoms. The van der Waals surface area contributed by atoms with Crippen molar-refractivity contribution in [2.45, 2.75) is 51.2 Å². The fraction of sp³-hybridized carbons (Fsp3) is 0.500. The molecule has 1 fully saturated rings. The summed E-state index contributed by atoms with van der Waals surface area (Å²) >= 11 is 0. The fourth-order valence-corrected chi connectivity index (χ4v) is 3.28. The van der Waals surface area contributed by atoms with E-state index < -0.39 is 17.1 Å². The molecule has 1 saturated heterocycles. The minimum absolute atomic E-state index is 0.254. The number of esters is 1. The van der Waals surface area contributed by atoms with Gasteiger partial charge in [-0.3, -0.25) is 9.59 Å². The van der Waals surface area contributed by atoms with Crippen LogP contribution in [0.2, 0.25) is 0 Å². The Kier molecular flexibility index (Phi) is 5.29. The molecule has 0 saturated carbocycles. The smallest absolute Gasteiger partial charge is 0.314 e. The summed E-state index contributed by atoms with van der Waals surface area (Å²) in [5.74, 6) is -1.08. The SMILES string of the molecule is C=C1C/C=C\[C@@]2(C)CC[C@H](/C(C=O)=C/C=C/C(C)(C)O)[C@@H]1C(=O)O2. The minimum atomic E-state index is -0.957. The molecule has 0 aromatic carbocycles. The quantitative estimate of drug-likeness (QED) is 0.282. The van der Waals surface area contributed by atoms with Gasteiger partial charge in [0.25, 0.3) is 0 Å². The zero-order chi connectivity index (χ0) is 18.0. The highest BCUT2D eigenvalue weighted by Crippen LogP contribution is 2.41. The third-order valence-electron chi connectivity index (χ3n) is 4.59. The number of fused-ring (bicyclic) bond motifs is 3. The Balaban J connectivity index is 2.39. The van der Waals surface area contributed by atoms with Crippen LogP contribution in [0, 0.1) is 11.8 Å². The molecule has 2 aliphatic heterocycles. The van der Waals surface area contributed by atoms with Crippen LogP contribution in [-0.2, 0) is 14.3 Å². The van der Waals surface area contributed by atoms with Gasteiger partial charge in [0.1, 0.15) is 11.9 Å². The molecule has 2 bridgehead atoms. The van der Waals surface area contributed by atoms with E-state index in [0.717, 1.165) is 11.9 Å². The number of hydrogen-bond donors (Lipinski definition) is 1. The van der Waals surface area contributed by atoms with Crippen molar-refractivity contribution in [1.82, 2.24) is 0 Å². The van der Waals surface area contributed by atoms with Crippen molar-refractivity contribution in [3.63, 3.8) is 0 Å². The second-order valence-corrected chi connectivity index (χ2v) is 7.42. The summed E-state index contributed by atoms with van der Waals surface area (Å²) in [7, 11) is 0. The van der Waals surface area contributed by atoms with E-state index in [1.165, 1.54) is 0 Å². The molecule has 0 aromatic rings. The highest BCUT2D eigenvalue weighted by molar-refractivity contribution is 5.82. The molecule has 0 radical (unpaired) electrons. The second kappa shape index (κ2) is 6.89. The zero-order valence-electron chi connectivity index (χ0n) is 14.6. The van der Waals surface area contributed by atoms with Crippen LogP contribution in [0.25, 0.3) is 0 Å². The van der Waals surface area contributed by atoms with E-state index in [0.29, 0.717) is 24.8 Å². The first-order chi connectivity index (χ1) is 11.2. The van der Waals surface area contributed by atoms with Crippen LogP contribution in [0.3, 0.4) is 0 Å². The number of carbonyl (C=O) groups is 2. The predicted octanol–water partition coefficient (Wildman–Crippen LogP) is 3.28. The molecule has 0 unspecified atom stereocenters. The lowest BCUT2D eigenvalue weighted by atomic mass is 9.78. The van der Waals surface area contributed by atoms with Crippen LogP contribution in [0.15, 0.2) is 48.1 Å². The molecule has 2 rings (SSSR count). The number of allylic oxidation sites excluding steroid dienone is 4. The van der Waals surface area contributed by atoms with Gasteiger partial charge in [-0.2, -0.15) is 0 Å². The van der Waals surface area contributed by atoms with Gasteiger partial charge in [-0.25, -0.2) is 0 Å². The van der Waals surface area contributed by atoms with E-state index in [1.54, 1.807) is 32.1 Å². The van der Waals surface area contributed by atoms with E-state index in [2.05, 4.69) is 6.58 Å². The first kappa shape index (κ1) is 18.4. The molecule has 0 spiro atoms. The Labute approximate surface area is 143 Å². The maximum absolute atomic E-state index is 12.6. The standard InChI is InChI=1S/C20H26O4/c1-14-7-5-11-20(4)12-9-16(17(14)18(22)24-20)15(13-21)8-6-10-19(2,3)23/h5-6,8,10-11,13,16-17,23H,1,7,9,12H2,2-4H3/b10-6+,11-5-,15-8+/t16-,17-,20+/m1/s1. The van der Waals surface area contributed by atoms with Crippen LogP contribution in [0.1, 0.15) is 40.0 Å². The van der Waals surface area contributed by atoms with E-state index >= 15 is 0 Å². The van der Waals surface area contributed by atoms with Gasteiger partial charge in [0.05, 0.1) is 11.5 Å². The maximum Gasteiger partial charge on any atom is 0.314 e. The van der Waals surface area contributed by atoms with Crippen molar-refractivity contribution in [1.29, 1.82) is 0 Å². The summed E-state index contributed by atoms with van der Waals surface area (Å²) in [6, 6.07) is 0. The fourth-order valence-electron chi connectivity index (χ4n) is 3.28. The molecule has 1 N–H and O–H groups in total. The first-order valence-electron chi connectivity index (χ1n) is 8.30. The first-order valence-corrected chi connectivity index (χ1v) is 8.30. The van der Waals surface area contributed by atoms with Gasteiger partial charge >= 0.3 is 5.97 Å². The van der Waals surface area contributed by atoms with Crippen LogP contribution >= 0.6 is 0 Å². The summed E-state index contributed by atoms with van der Waals surface area (Å²) in [4.78, 5) is 24.3. The van der Waals surface area contributed by atoms with Gasteiger partial charge < -0.3 is 9.84 Å². The summed E-state index contributed by atoms with van der Waals surface area (Å²) in [5, 5.41) is 9.75. The number of aldehydes is 1. The van der Waals surface area contributed by atoms with Gasteiger partial charge in [-0.05, 0) is 51.7 Å². The van der Waals surface area contributed by atoms with Gasteiger partial charge in [-0.1, -0.05) is 36.5 Å². The van der Waals surface area contributed by atoms with Gasteiger partial charge in [0.2, 0.25) is 0 Å². The number of carbonyl (C=O) groups excluding carboxylic acids is 2. The molecule has 130 valence electrons. The number of aliphatic hydroxyl groups is 1. The molecule has 2 aliphatic rings. The summed E-state index contributed by atoms with van der Waals surface area (Å²) in [6.45, 7) is 9.25. The topological polar surface area (TPSA) is 63.6 Å². The van der Waals surface area contributed by atoms with Crippen LogP contribution in [-0.4, -0.2) is 28.6 Å². The second-order valence-electron chi connectivity index (χ2n) is 7.42. The Bertz CT molecular complexity index is 618. The maximum atomic E-state index is 12.6. The van der Waals surface area contributed by atoms with E-state index in [1.807, 2.05) is 19.1 Å². The Morgan fingerprint density at radius 2 is 2.21 bits per heavy atom. The molecule has 2 heterocycles. The molecule has 0 amide bonds. The molecular formula is C20H26O4. The Hall–Kier alpha value is -1.94. The van der Waals surface area contributed by atoms with Gasteiger partial charge in [-0.15, -0.1) is 0 Å². The highest BCUT2D eigenvalue weighted by Gasteiger charge is 2.42. The largest absolute Gasteiger partial charge is 0.455 e. The molecule has 3 atom stereocenters. The highest BCUT2D eigenvalue weighted by atomic mass is 16.6. The van der Waals surface area contributed by atoms with Crippen molar-refractivity contribution in [3.8, 4) is 0 Å². The minimum Gasteiger partial charge on any atom is -0.455 e. The van der Waals surface area contributed by atoms with Crippen molar-refractivity contribution < 1.29 is 19.4 Å². The van der Waals surface area contributed by atoms with Crippen LogP contribution in [0.5, 0.6) is 0 Å². The number of hydrogen-bond acceptors (Lipinski definition) is 4. The van der Waals surface area contributed by atoms with E-state index in [9.17, 15) is 14.7 Å². The Morgan fingerprint density at radius 1 is 1.50 bits per heavy atom. The van der Waals surface area contributed by atoms with Gasteiger partial charge in [0.15, 0.2) is 0 Å². The third-order valence-corrected chi connectivity index (χ3v) is 4.59. The third kappa shape index (κ3) is 4.32. The lowest BCUT2D eigenvalue weighted by Gasteiger charge is -2.28. The number of ether oxygens (including phenoxy) is 1. The summed E-state index contributed by atoms with van der Waals surface area (Å²) in [5.41, 5.74) is -0.280. The van der Waals surface area contributed by atoms with Crippen LogP contribution in [0.4, 0.5) is 0 Å². The molecule has 24 heavy (non-hydrogen) atoms. The van der Waals surface area contributed by atoms with E-state index in [-0.39, 0.29) is 11.9 Å². The molecular weight excluding hydrogens is 304 g/mol. The van der Waals surface area contributed by atoms with E-state index in [4.69, 9.17) is 4.74 Å². The summed E-state index contributed by atoms with van der Waals surface area (Å²) < 4.78 is 5.67. The normalized spacial score (nSPS) is 32.9. The van der Waals surface area contributed by atoms with Crippen molar-refractivity contribution in [3.05, 3.63) is 48.1 Å². The lowest BCUT2D eigenvalue weighted by molar-refractivity contribution is -0.156. The average Bonchev–Trinajstić information content (AvgIpc) is 2.54. The average molecular weight is 330 g/mol. The number of rotatable bonds is 4. The molecule has 0 aromatic heterocycles. The predicted molar refractivity (Wildman–Crippen MR) is 93.2 cm³/mol. The molecule has 4 nitrogen and oxygen atoms in total. The monoisotopic (exact) mass is 330 g/mol. The van der Waals surface area contributed by atoms with Crippen molar-refractivity contribution in [2.24, 2.45) is 11.8 Å². The Morgan fingerprint density at radius 3 is 2.83 bits per heavy atom. The van der Waals surface area contributed by atoms with Crippen molar-refractivity contribution in [2.75, 3.05) is 0 Å². The zero-order valence-corrected chi connectivity index (χ0v) is 14.6. The van der Waals surface area contributed by atoms with Gasteiger partial charge in [0, 0.05) is 5.92 Å². The molecule has 0 aliphatic carbocycles. The summed E-state index contributed by atoms with van der Waals surface area (Å²) in [6.07, 6.45) is 11.6. The van der Waals surface area contributed by atoms with Crippen LogP contribution < -0.4 is 0 Å².